The summed E-state index contributed by atoms with van der Waals surface area (Å²) in [4.78, 5) is 43.9. The molecule has 6 rings (SSSR count). The van der Waals surface area contributed by atoms with Gasteiger partial charge >= 0.3 is 0 Å². The Labute approximate surface area is 237 Å². The number of carbonyl (C=O) groups is 3. The van der Waals surface area contributed by atoms with Crippen molar-refractivity contribution < 1.29 is 23.9 Å². The van der Waals surface area contributed by atoms with Crippen molar-refractivity contribution in [2.45, 2.75) is 107 Å². The Morgan fingerprint density at radius 1 is 0.925 bits per heavy atom. The van der Waals surface area contributed by atoms with Gasteiger partial charge in [0, 0.05) is 18.6 Å². The van der Waals surface area contributed by atoms with E-state index in [4.69, 9.17) is 9.47 Å². The molecule has 5 unspecified atom stereocenters. The maximum atomic E-state index is 14.3. The average molecular weight is 550 g/mol. The van der Waals surface area contributed by atoms with E-state index in [1.54, 1.807) is 12.0 Å². The molecule has 5 atom stereocenters. The van der Waals surface area contributed by atoms with Crippen LogP contribution in [0.15, 0.2) is 36.4 Å². The summed E-state index contributed by atoms with van der Waals surface area (Å²) in [6, 6.07) is 7.22. The lowest BCUT2D eigenvalue weighted by Crippen LogP contribution is -2.57. The predicted octanol–water partition coefficient (Wildman–Crippen LogP) is 3.68. The van der Waals surface area contributed by atoms with Crippen LogP contribution in [0.2, 0.25) is 0 Å². The van der Waals surface area contributed by atoms with Crippen LogP contribution in [0.25, 0.3) is 0 Å². The molecule has 1 aromatic rings. The van der Waals surface area contributed by atoms with Crippen LogP contribution < -0.4 is 15.4 Å². The highest BCUT2D eigenvalue weighted by Gasteiger charge is 2.76. The van der Waals surface area contributed by atoms with Crippen LogP contribution in [0.5, 0.6) is 5.75 Å². The molecule has 2 saturated heterocycles. The number of hydrogen-bond acceptors (Lipinski definition) is 5. The van der Waals surface area contributed by atoms with Crippen LogP contribution >= 0.6 is 0 Å². The van der Waals surface area contributed by atoms with Crippen LogP contribution in [0, 0.1) is 11.8 Å². The summed E-state index contributed by atoms with van der Waals surface area (Å²) in [5.74, 6) is -1.06. The molecule has 216 valence electrons. The minimum Gasteiger partial charge on any atom is -0.497 e. The molecule has 1 aromatic carbocycles. The second-order valence-corrected chi connectivity index (χ2v) is 12.6. The summed E-state index contributed by atoms with van der Waals surface area (Å²) < 4.78 is 12.0. The number of nitrogens with one attached hydrogen (secondary N) is 2. The summed E-state index contributed by atoms with van der Waals surface area (Å²) in [7, 11) is 1.63. The maximum absolute atomic E-state index is 14.3. The molecule has 3 heterocycles. The molecular formula is C32H43N3O5. The second-order valence-electron chi connectivity index (χ2n) is 12.6. The Morgan fingerprint density at radius 2 is 1.52 bits per heavy atom. The molecule has 4 fully saturated rings. The van der Waals surface area contributed by atoms with Crippen LogP contribution in [-0.4, -0.2) is 65.6 Å². The molecule has 3 amide bonds. The Morgan fingerprint density at radius 3 is 2.12 bits per heavy atom. The second kappa shape index (κ2) is 10.8. The number of nitrogens with zero attached hydrogens (tertiary/aromatic N) is 1. The van der Waals surface area contributed by atoms with Crippen molar-refractivity contribution in [3.8, 4) is 5.75 Å². The van der Waals surface area contributed by atoms with Gasteiger partial charge in [0.25, 0.3) is 0 Å². The zero-order valence-electron chi connectivity index (χ0n) is 23.8. The van der Waals surface area contributed by atoms with E-state index < -0.39 is 29.1 Å². The Hall–Kier alpha value is -2.87. The van der Waals surface area contributed by atoms with Crippen LogP contribution in [0.1, 0.15) is 76.7 Å². The Bertz CT molecular complexity index is 1160. The molecule has 8 heteroatoms. The number of hydrogen-bond donors (Lipinski definition) is 2. The lowest BCUT2D eigenvalue weighted by atomic mass is 9.70. The maximum Gasteiger partial charge on any atom is 0.246 e. The molecule has 40 heavy (non-hydrogen) atoms. The number of likely N-dealkylation sites (tertiary alicyclic amines) is 1. The van der Waals surface area contributed by atoms with Crippen molar-refractivity contribution in [1.29, 1.82) is 0 Å². The first-order chi connectivity index (χ1) is 19.3. The summed E-state index contributed by atoms with van der Waals surface area (Å²) in [5.41, 5.74) is -1.00. The van der Waals surface area contributed by atoms with Crippen molar-refractivity contribution in [3.63, 3.8) is 0 Å². The van der Waals surface area contributed by atoms with Crippen molar-refractivity contribution in [1.82, 2.24) is 15.5 Å². The lowest BCUT2D eigenvalue weighted by molar-refractivity contribution is -0.145. The minimum absolute atomic E-state index is 0.110. The molecule has 0 radical (unpaired) electrons. The number of ether oxygens (including phenoxy) is 2. The number of rotatable bonds is 8. The van der Waals surface area contributed by atoms with Crippen molar-refractivity contribution in [2.24, 2.45) is 11.8 Å². The number of methoxy groups -OCH3 is 1. The monoisotopic (exact) mass is 549 g/mol. The smallest absolute Gasteiger partial charge is 0.246 e. The highest BCUT2D eigenvalue weighted by Crippen LogP contribution is 2.59. The van der Waals surface area contributed by atoms with E-state index in [9.17, 15) is 14.4 Å². The summed E-state index contributed by atoms with van der Waals surface area (Å²) in [6.45, 7) is 2.27. The molecule has 8 nitrogen and oxygen atoms in total. The van der Waals surface area contributed by atoms with Gasteiger partial charge in [-0.25, -0.2) is 0 Å². The van der Waals surface area contributed by atoms with Gasteiger partial charge in [0.15, 0.2) is 0 Å². The van der Waals surface area contributed by atoms with Gasteiger partial charge in [0.2, 0.25) is 17.7 Å². The third-order valence-electron chi connectivity index (χ3n) is 10.0. The van der Waals surface area contributed by atoms with Gasteiger partial charge in [-0.05, 0) is 56.7 Å². The van der Waals surface area contributed by atoms with Gasteiger partial charge in [-0.15, -0.1) is 0 Å². The topological polar surface area (TPSA) is 97.0 Å². The van der Waals surface area contributed by atoms with E-state index in [0.717, 1.165) is 62.7 Å². The first-order valence-electron chi connectivity index (χ1n) is 15.3. The summed E-state index contributed by atoms with van der Waals surface area (Å²) >= 11 is 0. The van der Waals surface area contributed by atoms with E-state index in [1.165, 1.54) is 12.8 Å². The molecule has 0 aromatic heterocycles. The first kappa shape index (κ1) is 27.3. The summed E-state index contributed by atoms with van der Waals surface area (Å²) in [5, 5.41) is 6.53. The molecule has 5 aliphatic rings. The SMILES string of the molecule is COc1ccc(CCN2C(=O)C3C(C(=O)NC4CCCCC4)C4(C)C=CC3(O4)C2C(=O)NC2CCCCC2)cc1. The number of fused-ring (bicyclic) bond motifs is 1. The molecule has 2 N–H and O–H groups in total. The highest BCUT2D eigenvalue weighted by atomic mass is 16.5. The molecule has 1 spiro atoms. The van der Waals surface area contributed by atoms with E-state index in [1.807, 2.05) is 43.3 Å². The predicted molar refractivity (Wildman–Crippen MR) is 151 cm³/mol. The standard InChI is InChI=1S/C32H43N3O5/c1-31-18-19-32(40-31)26(25(31)28(36)33-22-9-5-3-6-10-22)30(38)35(20-17-21-13-15-24(39-2)16-14-21)27(32)29(37)34-23-11-7-4-8-12-23/h13-16,18-19,22-23,25-27H,3-12,17,20H2,1-2H3,(H,33,36)(H,34,37). The summed E-state index contributed by atoms with van der Waals surface area (Å²) in [6.07, 6.45) is 15.1. The fourth-order valence-electron chi connectivity index (χ4n) is 7.98. The van der Waals surface area contributed by atoms with E-state index in [-0.39, 0.29) is 29.8 Å². The van der Waals surface area contributed by atoms with Crippen molar-refractivity contribution in [2.75, 3.05) is 13.7 Å². The van der Waals surface area contributed by atoms with Gasteiger partial charge < -0.3 is 25.0 Å². The lowest BCUT2D eigenvalue weighted by Gasteiger charge is -2.34. The van der Waals surface area contributed by atoms with Crippen molar-refractivity contribution >= 4 is 17.7 Å². The number of amides is 3. The van der Waals surface area contributed by atoms with E-state index >= 15 is 0 Å². The van der Waals surface area contributed by atoms with Gasteiger partial charge in [0.05, 0.1) is 24.5 Å². The molecule has 3 aliphatic heterocycles. The Kier molecular flexibility index (Phi) is 7.40. The zero-order valence-corrected chi connectivity index (χ0v) is 23.8. The zero-order chi connectivity index (χ0) is 27.9. The molecule has 2 saturated carbocycles. The van der Waals surface area contributed by atoms with Gasteiger partial charge in [-0.3, -0.25) is 14.4 Å². The van der Waals surface area contributed by atoms with Crippen LogP contribution in [-0.2, 0) is 25.5 Å². The van der Waals surface area contributed by atoms with Crippen LogP contribution in [0.3, 0.4) is 0 Å². The largest absolute Gasteiger partial charge is 0.497 e. The van der Waals surface area contributed by atoms with Gasteiger partial charge in [-0.1, -0.05) is 62.8 Å². The van der Waals surface area contributed by atoms with Crippen LogP contribution in [0.4, 0.5) is 0 Å². The number of carbonyl (C=O) groups excluding carboxylic acids is 3. The fourth-order valence-corrected chi connectivity index (χ4v) is 7.98. The first-order valence-corrected chi connectivity index (χ1v) is 15.3. The Balaban J connectivity index is 1.28. The molecule has 2 bridgehead atoms. The van der Waals surface area contributed by atoms with Gasteiger partial charge in [0.1, 0.15) is 17.4 Å². The highest BCUT2D eigenvalue weighted by molar-refractivity contribution is 6.00. The normalized spacial score (nSPS) is 33.7. The molecular weight excluding hydrogens is 506 g/mol. The third kappa shape index (κ3) is 4.72. The number of benzene rings is 1. The molecule has 2 aliphatic carbocycles. The van der Waals surface area contributed by atoms with Crippen molar-refractivity contribution in [3.05, 3.63) is 42.0 Å². The third-order valence-corrected chi connectivity index (χ3v) is 10.0. The fraction of sp³-hybridized carbons (Fsp3) is 0.656. The van der Waals surface area contributed by atoms with Gasteiger partial charge in [-0.2, -0.15) is 0 Å². The minimum atomic E-state index is -1.14. The van der Waals surface area contributed by atoms with E-state index in [2.05, 4.69) is 10.6 Å². The average Bonchev–Trinajstić information content (AvgIpc) is 3.53. The quantitative estimate of drug-likeness (QED) is 0.483. The van der Waals surface area contributed by atoms with E-state index in [0.29, 0.717) is 13.0 Å².